The molecule has 0 saturated heterocycles. The van der Waals surface area contributed by atoms with E-state index < -0.39 is 35.8 Å². The Kier molecular flexibility index (Phi) is 105. The van der Waals surface area contributed by atoms with Gasteiger partial charge in [0.1, 0.15) is 0 Å². The molecule has 0 saturated carbocycles. The number of hydrogen-bond acceptors (Lipinski definition) is 12. The Morgan fingerprint density at radius 1 is 0.176 bits per heavy atom. The van der Waals surface area contributed by atoms with Crippen LogP contribution in [-0.4, -0.2) is 35.8 Å². The zero-order valence-electron chi connectivity index (χ0n) is 48.8. The topological polar surface area (TPSA) is 241 Å². The average molecular weight is 1320 g/mol. The van der Waals surface area contributed by atoms with Crippen molar-refractivity contribution in [3.63, 3.8) is 0 Å². The molecule has 434 valence electrons. The van der Waals surface area contributed by atoms with Crippen molar-refractivity contribution in [3.8, 4) is 0 Å². The number of carbonyl (C=O) groups is 6. The molecule has 14 heteroatoms. The van der Waals surface area contributed by atoms with E-state index in [1.807, 2.05) is 0 Å². The molecule has 0 aliphatic carbocycles. The number of aliphatic carboxylic acids is 6. The summed E-state index contributed by atoms with van der Waals surface area (Å²) in [4.78, 5) is 60.1. The maximum absolute atomic E-state index is 10.0. The van der Waals surface area contributed by atoms with Crippen molar-refractivity contribution in [3.05, 3.63) is 0 Å². The van der Waals surface area contributed by atoms with Gasteiger partial charge in [-0.05, 0) is 77.0 Å². The first-order chi connectivity index (χ1) is 34.6. The molecule has 0 spiro atoms. The van der Waals surface area contributed by atoms with E-state index >= 15 is 0 Å². The fourth-order valence-electron chi connectivity index (χ4n) is 7.36. The fraction of sp³-hybridized carbons (Fsp3) is 0.900. The predicted molar refractivity (Wildman–Crippen MR) is 286 cm³/mol. The van der Waals surface area contributed by atoms with Crippen molar-refractivity contribution < 1.29 is 141 Å². The summed E-state index contributed by atoms with van der Waals surface area (Å²) >= 11 is 0. The first-order valence-corrected chi connectivity index (χ1v) is 29.8. The monoisotopic (exact) mass is 1310 g/mol. The Morgan fingerprint density at radius 3 is 0.338 bits per heavy atom. The molecule has 0 N–H and O–H groups in total. The van der Waals surface area contributed by atoms with Crippen molar-refractivity contribution in [2.24, 2.45) is 0 Å². The molecular weight excluding hydrogens is 1200 g/mol. The Labute approximate surface area is 521 Å². The minimum Gasteiger partial charge on any atom is -0.550 e. The Morgan fingerprint density at radius 2 is 0.257 bits per heavy atom. The van der Waals surface area contributed by atoms with Crippen LogP contribution in [0.5, 0.6) is 0 Å². The maximum Gasteiger partial charge on any atom is 3.00 e. The van der Waals surface area contributed by atoms with Gasteiger partial charge in [0.05, 0.1) is 0 Å². The molecule has 0 aromatic rings. The number of carboxylic acids is 6. The van der Waals surface area contributed by atoms with Gasteiger partial charge >= 0.3 is 81.7 Å². The molecule has 2 radical (unpaired) electrons. The van der Waals surface area contributed by atoms with Crippen LogP contribution in [0.1, 0.15) is 350 Å². The number of carbonyl (C=O) groups excluding carboxylic acids is 6. The van der Waals surface area contributed by atoms with Gasteiger partial charge < -0.3 is 59.4 Å². The molecular formula is C60H114Nd2O12. The Hall–Kier alpha value is -0.479. The number of rotatable bonds is 48. The van der Waals surface area contributed by atoms with Gasteiger partial charge in [-0.3, -0.25) is 0 Å². The first kappa shape index (κ1) is 90.1. The van der Waals surface area contributed by atoms with Gasteiger partial charge in [-0.2, -0.15) is 0 Å². The van der Waals surface area contributed by atoms with Crippen LogP contribution in [0.4, 0.5) is 0 Å². The minimum atomic E-state index is -0.913. The third kappa shape index (κ3) is 124. The van der Waals surface area contributed by atoms with E-state index in [-0.39, 0.29) is 120 Å². The fourth-order valence-corrected chi connectivity index (χ4v) is 7.36. The van der Waals surface area contributed by atoms with Crippen molar-refractivity contribution >= 4 is 35.8 Å². The Balaban J connectivity index is -0.000000117. The van der Waals surface area contributed by atoms with E-state index in [4.69, 9.17) is 0 Å². The summed E-state index contributed by atoms with van der Waals surface area (Å²) in [5.74, 6) is -5.48. The summed E-state index contributed by atoms with van der Waals surface area (Å²) in [6.45, 7) is 13.1. The van der Waals surface area contributed by atoms with Gasteiger partial charge in [-0.15, -0.1) is 0 Å². The van der Waals surface area contributed by atoms with Crippen LogP contribution in [0.2, 0.25) is 0 Å². The third-order valence-electron chi connectivity index (χ3n) is 11.9. The summed E-state index contributed by atoms with van der Waals surface area (Å²) in [6, 6.07) is 0. The molecule has 74 heavy (non-hydrogen) atoms. The third-order valence-corrected chi connectivity index (χ3v) is 11.9. The summed E-state index contributed by atoms with van der Waals surface area (Å²) in [6.07, 6.45) is 50.1. The maximum atomic E-state index is 10.0. The van der Waals surface area contributed by atoms with Crippen LogP contribution in [0.3, 0.4) is 0 Å². The molecule has 0 atom stereocenters. The van der Waals surface area contributed by atoms with Gasteiger partial charge in [0.15, 0.2) is 0 Å². The quantitative estimate of drug-likeness (QED) is 0.0517. The average Bonchev–Trinajstić information content (AvgIpc) is 3.33. The second-order valence-corrected chi connectivity index (χ2v) is 19.5. The first-order valence-electron chi connectivity index (χ1n) is 29.8. The van der Waals surface area contributed by atoms with E-state index in [1.165, 1.54) is 193 Å². The molecule has 0 aromatic heterocycles. The summed E-state index contributed by atoms with van der Waals surface area (Å²) in [5.41, 5.74) is 0. The largest absolute Gasteiger partial charge is 3.00 e. The number of carboxylic acid groups (broad SMARTS) is 6. The van der Waals surface area contributed by atoms with Crippen LogP contribution in [-0.2, 0) is 28.8 Å². The van der Waals surface area contributed by atoms with E-state index in [0.717, 1.165) is 77.0 Å². The molecule has 0 heterocycles. The van der Waals surface area contributed by atoms with Crippen molar-refractivity contribution in [2.75, 3.05) is 0 Å². The minimum absolute atomic E-state index is 0. The normalized spacial score (nSPS) is 9.81. The predicted octanol–water partition coefficient (Wildman–Crippen LogP) is 11.3. The number of unbranched alkanes of at least 4 members (excludes halogenated alkanes) is 36. The van der Waals surface area contributed by atoms with Gasteiger partial charge in [0, 0.05) is 35.8 Å². The second kappa shape index (κ2) is 86.4. The zero-order valence-corrected chi connectivity index (χ0v) is 55.3. The molecule has 12 nitrogen and oxygen atoms in total. The van der Waals surface area contributed by atoms with Crippen LogP contribution < -0.4 is 30.6 Å². The standard InChI is InChI=1S/6C10H20O2.2Nd/c6*1-2-3-4-5-6-7-8-9-10(11)12;;/h6*2-9H2,1H3,(H,11,12);;/q;;;;;;2*+3/p-6. The van der Waals surface area contributed by atoms with Crippen LogP contribution in [0.15, 0.2) is 0 Å². The van der Waals surface area contributed by atoms with Crippen LogP contribution >= 0.6 is 0 Å². The van der Waals surface area contributed by atoms with Gasteiger partial charge in [0.2, 0.25) is 0 Å². The summed E-state index contributed by atoms with van der Waals surface area (Å²) in [5, 5.41) is 60.1. The van der Waals surface area contributed by atoms with Crippen molar-refractivity contribution in [2.45, 2.75) is 350 Å². The molecule has 0 unspecified atom stereocenters. The summed E-state index contributed by atoms with van der Waals surface area (Å²) < 4.78 is 0. The van der Waals surface area contributed by atoms with E-state index in [1.54, 1.807) is 0 Å². The van der Waals surface area contributed by atoms with Crippen LogP contribution in [0.25, 0.3) is 0 Å². The van der Waals surface area contributed by atoms with Crippen molar-refractivity contribution in [1.82, 2.24) is 0 Å². The van der Waals surface area contributed by atoms with E-state index in [9.17, 15) is 59.4 Å². The van der Waals surface area contributed by atoms with Gasteiger partial charge in [0.25, 0.3) is 0 Å². The van der Waals surface area contributed by atoms with Crippen molar-refractivity contribution in [1.29, 1.82) is 0 Å². The zero-order chi connectivity index (χ0) is 55.4. The number of hydrogen-bond donors (Lipinski definition) is 0. The molecule has 0 aliphatic rings. The molecule has 0 rings (SSSR count). The van der Waals surface area contributed by atoms with Crippen LogP contribution in [0, 0.1) is 81.7 Å². The van der Waals surface area contributed by atoms with E-state index in [0.29, 0.717) is 0 Å². The molecule has 0 bridgehead atoms. The molecule has 0 aliphatic heterocycles. The smallest absolute Gasteiger partial charge is 0.550 e. The molecule has 0 aromatic carbocycles. The molecule has 0 amide bonds. The van der Waals surface area contributed by atoms with E-state index in [2.05, 4.69) is 41.5 Å². The Bertz CT molecular complexity index is 893. The SMILES string of the molecule is CCCCCCCCCC(=O)[O-].CCCCCCCCCC(=O)[O-].CCCCCCCCCC(=O)[O-].CCCCCCCCCC(=O)[O-].CCCCCCCCCC(=O)[O-].CCCCCCCCCC(=O)[O-].[Nd+3].[Nd+3]. The molecule has 0 fully saturated rings. The van der Waals surface area contributed by atoms with Gasteiger partial charge in [-0.1, -0.05) is 273 Å². The van der Waals surface area contributed by atoms with Gasteiger partial charge in [-0.25, -0.2) is 0 Å². The second-order valence-electron chi connectivity index (χ2n) is 19.5. The summed E-state index contributed by atoms with van der Waals surface area (Å²) in [7, 11) is 0.